The Bertz CT molecular complexity index is 1410. The number of hydrogen-bond donors (Lipinski definition) is 4. The topological polar surface area (TPSA) is 202 Å². The van der Waals surface area contributed by atoms with Crippen LogP contribution in [0, 0.1) is 0 Å². The molecule has 0 unspecified atom stereocenters. The van der Waals surface area contributed by atoms with Crippen molar-refractivity contribution in [1.82, 2.24) is 30.4 Å². The summed E-state index contributed by atoms with van der Waals surface area (Å²) in [5, 5.41) is 24.8. The molecular formula is C20H18N8O6S3. The van der Waals surface area contributed by atoms with Crippen LogP contribution in [-0.2, 0) is 19.2 Å². The number of H-pyrrole nitrogens is 1. The minimum Gasteiger partial charge on any atom is -0.477 e. The molecule has 3 aromatic rings. The van der Waals surface area contributed by atoms with Crippen molar-refractivity contribution in [2.45, 2.75) is 16.6 Å². The number of anilines is 1. The van der Waals surface area contributed by atoms with Gasteiger partial charge < -0.3 is 25.4 Å². The van der Waals surface area contributed by atoms with Gasteiger partial charge in [-0.25, -0.2) is 14.8 Å². The lowest BCUT2D eigenvalue weighted by atomic mass is 10.0. The number of nitrogens with zero attached hydrogens (tertiary/aromatic N) is 5. The van der Waals surface area contributed by atoms with Crippen LogP contribution in [0.15, 0.2) is 50.0 Å². The van der Waals surface area contributed by atoms with E-state index in [0.717, 1.165) is 16.9 Å². The summed E-state index contributed by atoms with van der Waals surface area (Å²) in [4.78, 5) is 52.3. The van der Waals surface area contributed by atoms with Gasteiger partial charge in [-0.2, -0.15) is 0 Å². The van der Waals surface area contributed by atoms with Crippen molar-refractivity contribution >= 4 is 63.5 Å². The van der Waals surface area contributed by atoms with E-state index in [1.807, 2.05) is 0 Å². The summed E-state index contributed by atoms with van der Waals surface area (Å²) in [6, 6.07) is 0.795. The molecule has 5 heterocycles. The standard InChI is InChI=1S/C20H18N8O6S3/c1-33-27-11(10-7-36-19(21)22-10)15(29)23-12-16(30)28-13(18(31)32)9(5-35-17(12)28)6-37-20-24-14(25-26-20)8-2-3-34-4-8/h2-4,7,12,17H,5-6H2,1H3,(H2,21,22)(H,23,29)(H,31,32)(H,24,25,26)/t12-,17+/m1/s1. The number of hydrogen-bond acceptors (Lipinski definition) is 13. The van der Waals surface area contributed by atoms with Crippen molar-refractivity contribution in [3.8, 4) is 11.4 Å². The maximum atomic E-state index is 13.0. The molecule has 0 aromatic carbocycles. The number of rotatable bonds is 9. The van der Waals surface area contributed by atoms with Gasteiger partial charge in [0.15, 0.2) is 16.7 Å². The summed E-state index contributed by atoms with van der Waals surface area (Å²) in [5.74, 6) is -1.33. The lowest BCUT2D eigenvalue weighted by molar-refractivity contribution is -0.150. The molecule has 192 valence electrons. The number of carbonyl (C=O) groups excluding carboxylic acids is 2. The third-order valence-corrected chi connectivity index (χ3v) is 8.28. The van der Waals surface area contributed by atoms with E-state index >= 15 is 0 Å². The highest BCUT2D eigenvalue weighted by atomic mass is 32.2. The Hall–Kier alpha value is -3.83. The number of amides is 2. The van der Waals surface area contributed by atoms with Gasteiger partial charge in [0.2, 0.25) is 5.16 Å². The lowest BCUT2D eigenvalue weighted by Crippen LogP contribution is -2.71. The second kappa shape index (κ2) is 10.3. The fraction of sp³-hybridized carbons (Fsp3) is 0.250. The first-order valence-corrected chi connectivity index (χ1v) is 13.4. The predicted octanol–water partition coefficient (Wildman–Crippen LogP) is 0.985. The van der Waals surface area contributed by atoms with Crippen molar-refractivity contribution in [1.29, 1.82) is 0 Å². The minimum atomic E-state index is -1.23. The largest absolute Gasteiger partial charge is 0.477 e. The zero-order valence-electron chi connectivity index (χ0n) is 18.9. The number of aromatic amines is 1. The number of furan rings is 1. The number of oxime groups is 1. The minimum absolute atomic E-state index is 0.101. The summed E-state index contributed by atoms with van der Waals surface area (Å²) in [5.41, 5.74) is 6.88. The molecule has 3 aromatic heterocycles. The van der Waals surface area contributed by atoms with Crippen LogP contribution < -0.4 is 11.1 Å². The number of fused-ring (bicyclic) bond motifs is 1. The third-order valence-electron chi connectivity index (χ3n) is 5.33. The van der Waals surface area contributed by atoms with Crippen LogP contribution in [0.25, 0.3) is 11.4 Å². The summed E-state index contributed by atoms with van der Waals surface area (Å²) in [7, 11) is 1.27. The Morgan fingerprint density at radius 2 is 2.30 bits per heavy atom. The number of thiazole rings is 1. The maximum Gasteiger partial charge on any atom is 0.352 e. The molecule has 2 atom stereocenters. The number of nitrogens with two attached hydrogens (primary N) is 1. The van der Waals surface area contributed by atoms with Crippen molar-refractivity contribution < 1.29 is 28.7 Å². The first-order valence-electron chi connectivity index (χ1n) is 10.5. The summed E-state index contributed by atoms with van der Waals surface area (Å²) < 4.78 is 5.04. The molecule has 1 fully saturated rings. The molecule has 0 aliphatic carbocycles. The highest BCUT2D eigenvalue weighted by Gasteiger charge is 2.54. The number of aliphatic carboxylic acids is 1. The number of thioether (sulfide) groups is 2. The Morgan fingerprint density at radius 1 is 1.46 bits per heavy atom. The maximum absolute atomic E-state index is 13.0. The average molecular weight is 563 g/mol. The molecule has 2 aliphatic heterocycles. The normalized spacial score (nSPS) is 19.4. The van der Waals surface area contributed by atoms with E-state index in [2.05, 4.69) is 30.6 Å². The predicted molar refractivity (Wildman–Crippen MR) is 135 cm³/mol. The van der Waals surface area contributed by atoms with Gasteiger partial charge in [-0.1, -0.05) is 16.9 Å². The van der Waals surface area contributed by atoms with Crippen LogP contribution in [0.1, 0.15) is 5.69 Å². The number of carboxylic acid groups (broad SMARTS) is 1. The number of carboxylic acids is 1. The molecule has 0 saturated carbocycles. The van der Waals surface area contributed by atoms with Gasteiger partial charge in [0.25, 0.3) is 11.8 Å². The van der Waals surface area contributed by atoms with Gasteiger partial charge in [-0.15, -0.1) is 28.2 Å². The van der Waals surface area contributed by atoms with Crippen LogP contribution in [0.4, 0.5) is 5.13 Å². The number of aromatic nitrogens is 4. The zero-order valence-corrected chi connectivity index (χ0v) is 21.4. The van der Waals surface area contributed by atoms with Gasteiger partial charge in [-0.3, -0.25) is 19.6 Å². The Labute approximate surface area is 220 Å². The molecule has 2 aliphatic rings. The SMILES string of the molecule is CON=C(C(=O)N[C@@H]1C(=O)N2C(C(=O)O)=C(CSc3n[nH]c(-c4ccoc4)n3)CS[C@@H]12)c1csc(N)n1. The van der Waals surface area contributed by atoms with Gasteiger partial charge in [0, 0.05) is 16.9 Å². The molecule has 5 N–H and O–H groups in total. The Morgan fingerprint density at radius 3 is 2.97 bits per heavy atom. The number of nitrogens with one attached hydrogen (secondary N) is 2. The van der Waals surface area contributed by atoms with Crippen LogP contribution in [-0.4, -0.2) is 83.7 Å². The Kier molecular flexibility index (Phi) is 6.90. The zero-order chi connectivity index (χ0) is 26.1. The van der Waals surface area contributed by atoms with Gasteiger partial charge in [-0.05, 0) is 11.6 Å². The second-order valence-electron chi connectivity index (χ2n) is 7.58. The fourth-order valence-corrected chi connectivity index (χ4v) is 6.52. The Balaban J connectivity index is 1.28. The molecule has 0 bridgehead atoms. The fourth-order valence-electron chi connectivity index (χ4n) is 3.69. The van der Waals surface area contributed by atoms with Gasteiger partial charge in [0.05, 0.1) is 11.8 Å². The van der Waals surface area contributed by atoms with Crippen molar-refractivity contribution in [2.24, 2.45) is 5.16 Å². The van der Waals surface area contributed by atoms with E-state index in [4.69, 9.17) is 15.0 Å². The van der Waals surface area contributed by atoms with E-state index in [1.165, 1.54) is 48.1 Å². The molecule has 2 amide bonds. The van der Waals surface area contributed by atoms with Crippen LogP contribution in [0.2, 0.25) is 0 Å². The molecule has 1 saturated heterocycles. The summed E-state index contributed by atoms with van der Waals surface area (Å²) >= 11 is 3.72. The van der Waals surface area contributed by atoms with E-state index in [0.29, 0.717) is 22.3 Å². The van der Waals surface area contributed by atoms with Crippen LogP contribution in [0.5, 0.6) is 0 Å². The van der Waals surface area contributed by atoms with Crippen molar-refractivity contribution in [2.75, 3.05) is 24.3 Å². The highest BCUT2D eigenvalue weighted by molar-refractivity contribution is 8.01. The quantitative estimate of drug-likeness (QED) is 0.125. The van der Waals surface area contributed by atoms with Crippen LogP contribution in [0.3, 0.4) is 0 Å². The molecule has 14 nitrogen and oxygen atoms in total. The molecule has 17 heteroatoms. The van der Waals surface area contributed by atoms with Crippen LogP contribution >= 0.6 is 34.9 Å². The van der Waals surface area contributed by atoms with E-state index < -0.39 is 29.2 Å². The third kappa shape index (κ3) is 4.79. The van der Waals surface area contributed by atoms with E-state index in [9.17, 15) is 19.5 Å². The summed E-state index contributed by atoms with van der Waals surface area (Å²) in [6.07, 6.45) is 3.04. The van der Waals surface area contributed by atoms with Gasteiger partial charge >= 0.3 is 5.97 Å². The number of β-lactam (4-membered cyclic amide) rings is 1. The number of carbonyl (C=O) groups is 3. The first-order chi connectivity index (χ1) is 17.9. The molecule has 0 spiro atoms. The molecule has 37 heavy (non-hydrogen) atoms. The molecular weight excluding hydrogens is 544 g/mol. The first kappa shape index (κ1) is 24.8. The monoisotopic (exact) mass is 562 g/mol. The smallest absolute Gasteiger partial charge is 0.352 e. The molecule has 5 rings (SSSR count). The van der Waals surface area contributed by atoms with E-state index in [-0.39, 0.29) is 28.0 Å². The highest BCUT2D eigenvalue weighted by Crippen LogP contribution is 2.41. The lowest BCUT2D eigenvalue weighted by Gasteiger charge is -2.49. The van der Waals surface area contributed by atoms with Gasteiger partial charge in [0.1, 0.15) is 36.2 Å². The summed E-state index contributed by atoms with van der Waals surface area (Å²) in [6.45, 7) is 0. The van der Waals surface area contributed by atoms with Crippen molar-refractivity contribution in [3.05, 3.63) is 40.9 Å². The second-order valence-corrected chi connectivity index (χ2v) is 10.5. The van der Waals surface area contributed by atoms with Crippen molar-refractivity contribution in [3.63, 3.8) is 0 Å². The average Bonchev–Trinajstić information content (AvgIpc) is 3.65. The molecule has 0 radical (unpaired) electrons. The van der Waals surface area contributed by atoms with E-state index in [1.54, 1.807) is 11.4 Å². The number of nitrogen functional groups attached to an aromatic ring is 1.